The molecular weight excluding hydrogens is 347 g/mol. The van der Waals surface area contributed by atoms with Crippen molar-refractivity contribution in [2.45, 2.75) is 0 Å². The number of amides is 3. The van der Waals surface area contributed by atoms with E-state index in [4.69, 9.17) is 5.11 Å². The molecule has 0 saturated heterocycles. The number of benzene rings is 2. The second-order valence-electron chi connectivity index (χ2n) is 5.05. The first-order chi connectivity index (χ1) is 12.0. The van der Waals surface area contributed by atoms with E-state index >= 15 is 0 Å². The van der Waals surface area contributed by atoms with Crippen LogP contribution in [0.5, 0.6) is 0 Å². The zero-order valence-electron chi connectivity index (χ0n) is 14.8. The Hall–Kier alpha value is -2.81. The first-order valence-electron chi connectivity index (χ1n) is 7.19. The number of carbonyl (C=O) groups is 3. The van der Waals surface area contributed by atoms with Gasteiger partial charge in [-0.05, 0) is 36.4 Å². The predicted molar refractivity (Wildman–Crippen MR) is 90.5 cm³/mol. The molecule has 0 atom stereocenters. The van der Waals surface area contributed by atoms with Crippen LogP contribution < -0.4 is 40.2 Å². The zero-order chi connectivity index (χ0) is 17.8. The average Bonchev–Trinajstić information content (AvgIpc) is 2.61. The number of imide groups is 1. The third-order valence-electron chi connectivity index (χ3n) is 3.33. The van der Waals surface area contributed by atoms with Crippen LogP contribution in [0.1, 0.15) is 22.1 Å². The fourth-order valence-corrected chi connectivity index (χ4v) is 2.17. The van der Waals surface area contributed by atoms with E-state index in [9.17, 15) is 14.4 Å². The number of rotatable bonds is 3. The number of fused-ring (bicyclic) bond motifs is 1. The van der Waals surface area contributed by atoms with Crippen LogP contribution in [0.2, 0.25) is 0 Å². The first-order valence-corrected chi connectivity index (χ1v) is 7.19. The third kappa shape index (κ3) is 4.63. The van der Waals surface area contributed by atoms with Crippen molar-refractivity contribution in [3.05, 3.63) is 66.0 Å². The van der Waals surface area contributed by atoms with Crippen molar-refractivity contribution in [2.24, 2.45) is 0 Å². The molecule has 0 aliphatic carbocycles. The van der Waals surface area contributed by atoms with Crippen molar-refractivity contribution in [2.75, 3.05) is 5.32 Å². The van der Waals surface area contributed by atoms with Gasteiger partial charge in [-0.15, -0.1) is 0 Å². The molecule has 0 spiro atoms. The molecule has 0 aliphatic rings. The van der Waals surface area contributed by atoms with E-state index < -0.39 is 17.9 Å². The van der Waals surface area contributed by atoms with Gasteiger partial charge in [0.05, 0.1) is 16.6 Å². The molecule has 0 aliphatic heterocycles. The molecule has 126 valence electrons. The fraction of sp³-hybridized carbons (Fsp3) is 0. The number of hydrogen-bond donors (Lipinski definition) is 3. The van der Waals surface area contributed by atoms with Gasteiger partial charge in [-0.2, -0.15) is 0 Å². The van der Waals surface area contributed by atoms with Crippen molar-refractivity contribution >= 4 is 34.6 Å². The molecule has 3 rings (SSSR count). The van der Waals surface area contributed by atoms with Crippen molar-refractivity contribution in [1.29, 1.82) is 0 Å². The van der Waals surface area contributed by atoms with Crippen LogP contribution in [0.25, 0.3) is 11.0 Å². The summed E-state index contributed by atoms with van der Waals surface area (Å²) in [6.45, 7) is 0. The van der Waals surface area contributed by atoms with Gasteiger partial charge >= 0.3 is 41.6 Å². The molecule has 9 heteroatoms. The summed E-state index contributed by atoms with van der Waals surface area (Å²) >= 11 is 0. The Balaban J connectivity index is 0.00000182. The number of hydrogen-bond acceptors (Lipinski definition) is 5. The molecule has 8 nitrogen and oxygen atoms in total. The number of carboxylic acids is 1. The van der Waals surface area contributed by atoms with Crippen LogP contribution in [0, 0.1) is 0 Å². The summed E-state index contributed by atoms with van der Waals surface area (Å²) in [5, 5.41) is 13.5. The van der Waals surface area contributed by atoms with Gasteiger partial charge in [0.15, 0.2) is 0 Å². The number of urea groups is 1. The maximum Gasteiger partial charge on any atom is 1.00 e. The van der Waals surface area contributed by atoms with Crippen LogP contribution in [-0.4, -0.2) is 33.0 Å². The number of aromatic carboxylic acids is 1. The molecule has 3 aromatic rings. The molecule has 3 N–H and O–H groups in total. The third-order valence-corrected chi connectivity index (χ3v) is 3.33. The Morgan fingerprint density at radius 3 is 2.38 bits per heavy atom. The molecule has 0 fully saturated rings. The quantitative estimate of drug-likeness (QED) is 0.537. The SMILES string of the molecule is O=C(NC(=O)c1ccc2nccnc2c1)Nc1cccc(C(=O)O)c1.[H-].[Na+]. The second kappa shape index (κ2) is 8.52. The predicted octanol–water partition coefficient (Wildman–Crippen LogP) is -0.594. The van der Waals surface area contributed by atoms with Gasteiger partial charge in [0.25, 0.3) is 5.91 Å². The number of nitrogens with zero attached hydrogens (tertiary/aromatic N) is 2. The molecule has 26 heavy (non-hydrogen) atoms. The van der Waals surface area contributed by atoms with Gasteiger partial charge in [-0.3, -0.25) is 20.1 Å². The molecule has 0 unspecified atom stereocenters. The summed E-state index contributed by atoms with van der Waals surface area (Å²) in [4.78, 5) is 43.2. The summed E-state index contributed by atoms with van der Waals surface area (Å²) < 4.78 is 0. The Morgan fingerprint density at radius 2 is 1.65 bits per heavy atom. The van der Waals surface area contributed by atoms with Crippen molar-refractivity contribution < 1.29 is 50.5 Å². The van der Waals surface area contributed by atoms with Gasteiger partial charge in [-0.1, -0.05) is 6.07 Å². The van der Waals surface area contributed by atoms with Crippen LogP contribution in [-0.2, 0) is 0 Å². The van der Waals surface area contributed by atoms with E-state index in [-0.39, 0.29) is 47.8 Å². The Kier molecular flexibility index (Phi) is 6.40. The van der Waals surface area contributed by atoms with E-state index in [0.29, 0.717) is 11.0 Å². The van der Waals surface area contributed by atoms with Crippen LogP contribution in [0.15, 0.2) is 54.9 Å². The molecule has 0 radical (unpaired) electrons. The minimum absolute atomic E-state index is 0. The van der Waals surface area contributed by atoms with Gasteiger partial charge in [-0.25, -0.2) is 9.59 Å². The Labute approximate surface area is 171 Å². The normalized spacial score (nSPS) is 9.85. The van der Waals surface area contributed by atoms with Crippen LogP contribution in [0.4, 0.5) is 10.5 Å². The minimum atomic E-state index is -1.11. The maximum absolute atomic E-state index is 12.1. The smallest absolute Gasteiger partial charge is 1.00 e. The standard InChI is InChI=1S/C17H12N4O4.Na.H/c22-15(10-4-5-13-14(9-10)19-7-6-18-13)21-17(25)20-12-3-1-2-11(8-12)16(23)24;;/h1-9H,(H,23,24)(H2,20,21,22,25);;/q;+1;-1. The van der Waals surface area contributed by atoms with Crippen LogP contribution >= 0.6 is 0 Å². The van der Waals surface area contributed by atoms with Gasteiger partial charge in [0.2, 0.25) is 0 Å². The molecule has 0 bridgehead atoms. The van der Waals surface area contributed by atoms with E-state index in [2.05, 4.69) is 20.6 Å². The van der Waals surface area contributed by atoms with E-state index in [1.165, 1.54) is 42.6 Å². The van der Waals surface area contributed by atoms with Gasteiger partial charge in [0.1, 0.15) is 0 Å². The van der Waals surface area contributed by atoms with E-state index in [0.717, 1.165) is 0 Å². The summed E-state index contributed by atoms with van der Waals surface area (Å²) in [6.07, 6.45) is 3.05. The van der Waals surface area contributed by atoms with Crippen LogP contribution in [0.3, 0.4) is 0 Å². The zero-order valence-corrected chi connectivity index (χ0v) is 15.8. The Morgan fingerprint density at radius 1 is 0.923 bits per heavy atom. The number of carboxylic acid groups (broad SMARTS) is 1. The molecule has 1 heterocycles. The molecular formula is C17H13N4NaO4. The topological polar surface area (TPSA) is 121 Å². The maximum atomic E-state index is 12.1. The van der Waals surface area contributed by atoms with Gasteiger partial charge < -0.3 is 11.8 Å². The number of aromatic nitrogens is 2. The summed E-state index contributed by atoms with van der Waals surface area (Å²) in [5.41, 5.74) is 1.70. The summed E-state index contributed by atoms with van der Waals surface area (Å²) in [5.74, 6) is -1.73. The second-order valence-corrected chi connectivity index (χ2v) is 5.05. The average molecular weight is 360 g/mol. The fourth-order valence-electron chi connectivity index (χ4n) is 2.17. The Bertz CT molecular complexity index is 999. The molecule has 2 aromatic carbocycles. The van der Waals surface area contributed by atoms with Crippen molar-refractivity contribution in [3.63, 3.8) is 0 Å². The minimum Gasteiger partial charge on any atom is -1.00 e. The molecule has 3 amide bonds. The summed E-state index contributed by atoms with van der Waals surface area (Å²) in [6, 6.07) is 9.61. The van der Waals surface area contributed by atoms with Gasteiger partial charge in [0, 0.05) is 23.6 Å². The van der Waals surface area contributed by atoms with Crippen molar-refractivity contribution in [1.82, 2.24) is 15.3 Å². The largest absolute Gasteiger partial charge is 1.00 e. The number of anilines is 1. The van der Waals surface area contributed by atoms with Crippen molar-refractivity contribution in [3.8, 4) is 0 Å². The molecule has 0 saturated carbocycles. The van der Waals surface area contributed by atoms with E-state index in [1.807, 2.05) is 0 Å². The number of carbonyl (C=O) groups excluding carboxylic acids is 2. The first kappa shape index (κ1) is 19.5. The number of nitrogens with one attached hydrogen (secondary N) is 2. The van der Waals surface area contributed by atoms with E-state index in [1.54, 1.807) is 12.3 Å². The monoisotopic (exact) mass is 360 g/mol. The molecule has 1 aromatic heterocycles. The summed E-state index contributed by atoms with van der Waals surface area (Å²) in [7, 11) is 0.